The van der Waals surface area contributed by atoms with Crippen LogP contribution in [0.25, 0.3) is 0 Å². The number of nitrogens with two attached hydrogens (primary N) is 1. The van der Waals surface area contributed by atoms with Gasteiger partial charge in [-0.25, -0.2) is 0 Å². The minimum Gasteiger partial charge on any atom is -0.368 e. The van der Waals surface area contributed by atoms with Crippen LogP contribution in [-0.4, -0.2) is 27.0 Å². The summed E-state index contributed by atoms with van der Waals surface area (Å²) in [5, 5.41) is 5.87. The molecule has 0 aliphatic carbocycles. The standard InChI is InChI=1S/C9H13N7/c1-11-8-14-7(10)15-9(16-8)13-5-6-2-3-12-4-6/h2-4,12H,5H2,1H3,(H4,10,11,13,14,15,16). The largest absolute Gasteiger partial charge is 0.368 e. The molecule has 2 aromatic heterocycles. The first kappa shape index (κ1) is 10.2. The SMILES string of the molecule is CNc1nc(N)nc(NCc2cc[nH]c2)n1. The average Bonchev–Trinajstić information content (AvgIpc) is 2.78. The highest BCUT2D eigenvalue weighted by atomic mass is 15.2. The van der Waals surface area contributed by atoms with Crippen molar-refractivity contribution in [3.8, 4) is 0 Å². The lowest BCUT2D eigenvalue weighted by Gasteiger charge is -2.05. The second-order valence-electron chi connectivity index (χ2n) is 3.16. The monoisotopic (exact) mass is 219 g/mol. The van der Waals surface area contributed by atoms with Gasteiger partial charge in [-0.1, -0.05) is 0 Å². The maximum Gasteiger partial charge on any atom is 0.229 e. The summed E-state index contributed by atoms with van der Waals surface area (Å²) in [5.74, 6) is 1.10. The van der Waals surface area contributed by atoms with E-state index >= 15 is 0 Å². The van der Waals surface area contributed by atoms with E-state index < -0.39 is 0 Å². The van der Waals surface area contributed by atoms with Gasteiger partial charge in [-0.3, -0.25) is 0 Å². The molecule has 2 heterocycles. The van der Waals surface area contributed by atoms with Crippen LogP contribution in [0.3, 0.4) is 0 Å². The van der Waals surface area contributed by atoms with Crippen LogP contribution >= 0.6 is 0 Å². The zero-order valence-corrected chi connectivity index (χ0v) is 8.86. The lowest BCUT2D eigenvalue weighted by Crippen LogP contribution is -2.09. The first-order valence-corrected chi connectivity index (χ1v) is 4.83. The Hall–Kier alpha value is -2.31. The number of nitrogen functional groups attached to an aromatic ring is 1. The van der Waals surface area contributed by atoms with E-state index in [4.69, 9.17) is 5.73 Å². The Morgan fingerprint density at radius 3 is 2.81 bits per heavy atom. The fourth-order valence-corrected chi connectivity index (χ4v) is 1.23. The summed E-state index contributed by atoms with van der Waals surface area (Å²) in [6, 6.07) is 1.97. The van der Waals surface area contributed by atoms with Crippen LogP contribution in [0.5, 0.6) is 0 Å². The third-order valence-corrected chi connectivity index (χ3v) is 1.99. The highest BCUT2D eigenvalue weighted by Crippen LogP contribution is 2.07. The van der Waals surface area contributed by atoms with Gasteiger partial charge in [-0.05, 0) is 11.6 Å². The topological polar surface area (TPSA) is 105 Å². The number of nitrogens with zero attached hydrogens (tertiary/aromatic N) is 3. The quantitative estimate of drug-likeness (QED) is 0.594. The number of rotatable bonds is 4. The maximum atomic E-state index is 5.54. The van der Waals surface area contributed by atoms with Crippen LogP contribution in [-0.2, 0) is 6.54 Å². The van der Waals surface area contributed by atoms with Gasteiger partial charge in [0.1, 0.15) is 0 Å². The molecule has 0 atom stereocenters. The average molecular weight is 219 g/mol. The minimum absolute atomic E-state index is 0.191. The van der Waals surface area contributed by atoms with Crippen molar-refractivity contribution in [2.45, 2.75) is 6.54 Å². The molecular formula is C9H13N7. The molecule has 0 saturated heterocycles. The van der Waals surface area contributed by atoms with Gasteiger partial charge < -0.3 is 21.4 Å². The van der Waals surface area contributed by atoms with Crippen LogP contribution in [0, 0.1) is 0 Å². The minimum atomic E-state index is 0.191. The Morgan fingerprint density at radius 1 is 1.31 bits per heavy atom. The second-order valence-corrected chi connectivity index (χ2v) is 3.16. The van der Waals surface area contributed by atoms with Crippen LogP contribution in [0.15, 0.2) is 18.5 Å². The highest BCUT2D eigenvalue weighted by Gasteiger charge is 2.02. The second kappa shape index (κ2) is 4.47. The lowest BCUT2D eigenvalue weighted by molar-refractivity contribution is 1.01. The molecule has 0 unspecified atom stereocenters. The summed E-state index contributed by atoms with van der Waals surface area (Å²) >= 11 is 0. The molecule has 0 spiro atoms. The molecule has 84 valence electrons. The predicted molar refractivity (Wildman–Crippen MR) is 61.9 cm³/mol. The van der Waals surface area contributed by atoms with Crippen LogP contribution in [0.1, 0.15) is 5.56 Å². The third-order valence-electron chi connectivity index (χ3n) is 1.99. The van der Waals surface area contributed by atoms with Gasteiger partial charge in [0.05, 0.1) is 0 Å². The molecule has 0 aromatic carbocycles. The van der Waals surface area contributed by atoms with E-state index in [1.165, 1.54) is 0 Å². The fraction of sp³-hybridized carbons (Fsp3) is 0.222. The predicted octanol–water partition coefficient (Wildman–Crippen LogP) is 0.436. The van der Waals surface area contributed by atoms with Crippen molar-refractivity contribution in [2.24, 2.45) is 0 Å². The molecule has 0 saturated carbocycles. The molecule has 0 radical (unpaired) electrons. The molecule has 16 heavy (non-hydrogen) atoms. The van der Waals surface area contributed by atoms with Crippen LogP contribution in [0.4, 0.5) is 17.8 Å². The first-order chi connectivity index (χ1) is 7.78. The fourth-order valence-electron chi connectivity index (χ4n) is 1.23. The molecule has 0 aliphatic rings. The molecule has 2 aromatic rings. The summed E-state index contributed by atoms with van der Waals surface area (Å²) in [6.45, 7) is 0.635. The summed E-state index contributed by atoms with van der Waals surface area (Å²) in [5.41, 5.74) is 6.65. The van der Waals surface area contributed by atoms with E-state index in [-0.39, 0.29) is 5.95 Å². The Balaban J connectivity index is 2.06. The van der Waals surface area contributed by atoms with E-state index in [1.807, 2.05) is 18.5 Å². The number of aromatic nitrogens is 4. The lowest BCUT2D eigenvalue weighted by atomic mass is 10.3. The summed E-state index contributed by atoms with van der Waals surface area (Å²) in [7, 11) is 1.73. The van der Waals surface area contributed by atoms with Crippen molar-refractivity contribution in [3.05, 3.63) is 24.0 Å². The molecule has 0 aliphatic heterocycles. The number of aromatic amines is 1. The molecule has 7 nitrogen and oxygen atoms in total. The maximum absolute atomic E-state index is 5.54. The van der Waals surface area contributed by atoms with Gasteiger partial charge in [-0.15, -0.1) is 0 Å². The van der Waals surface area contributed by atoms with Crippen molar-refractivity contribution in [2.75, 3.05) is 23.4 Å². The molecule has 2 rings (SSSR count). The van der Waals surface area contributed by atoms with Crippen LogP contribution in [0.2, 0.25) is 0 Å². The van der Waals surface area contributed by atoms with Crippen LogP contribution < -0.4 is 16.4 Å². The van der Waals surface area contributed by atoms with Crippen molar-refractivity contribution in [3.63, 3.8) is 0 Å². The Morgan fingerprint density at radius 2 is 2.12 bits per heavy atom. The zero-order valence-electron chi connectivity index (χ0n) is 8.86. The van der Waals surface area contributed by atoms with Gasteiger partial charge in [0.15, 0.2) is 0 Å². The molecule has 0 fully saturated rings. The van der Waals surface area contributed by atoms with E-state index in [2.05, 4.69) is 30.6 Å². The number of anilines is 3. The summed E-state index contributed by atoms with van der Waals surface area (Å²) < 4.78 is 0. The van der Waals surface area contributed by atoms with Crippen molar-refractivity contribution >= 4 is 17.8 Å². The van der Waals surface area contributed by atoms with E-state index in [1.54, 1.807) is 7.05 Å². The Labute approximate surface area is 92.5 Å². The third kappa shape index (κ3) is 2.38. The summed E-state index contributed by atoms with van der Waals surface area (Å²) in [6.07, 6.45) is 3.76. The van der Waals surface area contributed by atoms with Crippen molar-refractivity contribution in [1.29, 1.82) is 0 Å². The van der Waals surface area contributed by atoms with Crippen molar-refractivity contribution in [1.82, 2.24) is 19.9 Å². The molecule has 7 heteroatoms. The first-order valence-electron chi connectivity index (χ1n) is 4.83. The van der Waals surface area contributed by atoms with Gasteiger partial charge in [0, 0.05) is 26.0 Å². The Kier molecular flexibility index (Phi) is 2.86. The highest BCUT2D eigenvalue weighted by molar-refractivity contribution is 5.39. The molecule has 0 amide bonds. The number of hydrogen-bond acceptors (Lipinski definition) is 6. The van der Waals surface area contributed by atoms with Crippen molar-refractivity contribution < 1.29 is 0 Å². The molecular weight excluding hydrogens is 206 g/mol. The van der Waals surface area contributed by atoms with E-state index in [9.17, 15) is 0 Å². The number of hydrogen-bond donors (Lipinski definition) is 4. The number of H-pyrrole nitrogens is 1. The van der Waals surface area contributed by atoms with Gasteiger partial charge in [0.2, 0.25) is 17.8 Å². The molecule has 5 N–H and O–H groups in total. The molecule has 0 bridgehead atoms. The normalized spacial score (nSPS) is 10.1. The number of nitrogens with one attached hydrogen (secondary N) is 3. The van der Waals surface area contributed by atoms with E-state index in [0.717, 1.165) is 5.56 Å². The van der Waals surface area contributed by atoms with E-state index in [0.29, 0.717) is 18.4 Å². The smallest absolute Gasteiger partial charge is 0.229 e. The zero-order chi connectivity index (χ0) is 11.4. The van der Waals surface area contributed by atoms with Gasteiger partial charge >= 0.3 is 0 Å². The van der Waals surface area contributed by atoms with Gasteiger partial charge in [0.25, 0.3) is 0 Å². The van der Waals surface area contributed by atoms with Gasteiger partial charge in [-0.2, -0.15) is 15.0 Å². The summed E-state index contributed by atoms with van der Waals surface area (Å²) in [4.78, 5) is 15.0. The Bertz CT molecular complexity index is 451.